The van der Waals surface area contributed by atoms with Crippen LogP contribution < -0.4 is 0 Å². The van der Waals surface area contributed by atoms with Gasteiger partial charge in [0.05, 0.1) is 11.5 Å². The van der Waals surface area contributed by atoms with Crippen molar-refractivity contribution in [3.05, 3.63) is 0 Å². The third-order valence-corrected chi connectivity index (χ3v) is 4.54. The van der Waals surface area contributed by atoms with Gasteiger partial charge in [0.25, 0.3) is 0 Å². The Morgan fingerprint density at radius 3 is 2.50 bits per heavy atom. The van der Waals surface area contributed by atoms with Crippen molar-refractivity contribution in [1.29, 1.82) is 0 Å². The maximum atomic E-state index is 11.4. The van der Waals surface area contributed by atoms with E-state index in [1.165, 1.54) is 0 Å². The molecule has 1 fully saturated rings. The van der Waals surface area contributed by atoms with Gasteiger partial charge in [-0.15, -0.1) is 0 Å². The van der Waals surface area contributed by atoms with E-state index in [-0.39, 0.29) is 0 Å². The minimum Gasteiger partial charge on any atom is -0.229 e. The van der Waals surface area contributed by atoms with Gasteiger partial charge in [0.15, 0.2) is 9.84 Å². The molecule has 1 unspecified atom stereocenters. The summed E-state index contributed by atoms with van der Waals surface area (Å²) in [4.78, 5) is 0. The van der Waals surface area contributed by atoms with Gasteiger partial charge in [-0.2, -0.15) is 0 Å². The van der Waals surface area contributed by atoms with E-state index in [9.17, 15) is 8.42 Å². The standard InChI is InChI=1S/C9H18O2S/c1-8(2)9-5-3-4-6-12(10,11)7-9/h8-9H,3-7H2,1-2H3. The molecule has 0 radical (unpaired) electrons. The molecule has 1 aliphatic rings. The van der Waals surface area contributed by atoms with Gasteiger partial charge in [-0.05, 0) is 24.7 Å². The second-order valence-corrected chi connectivity index (χ2v) is 6.34. The van der Waals surface area contributed by atoms with Crippen molar-refractivity contribution in [3.63, 3.8) is 0 Å². The van der Waals surface area contributed by atoms with Crippen LogP contribution in [-0.4, -0.2) is 19.9 Å². The van der Waals surface area contributed by atoms with Gasteiger partial charge < -0.3 is 0 Å². The van der Waals surface area contributed by atoms with Gasteiger partial charge in [0.2, 0.25) is 0 Å². The van der Waals surface area contributed by atoms with Crippen LogP contribution in [0.4, 0.5) is 0 Å². The van der Waals surface area contributed by atoms with Gasteiger partial charge in [-0.25, -0.2) is 8.42 Å². The Morgan fingerprint density at radius 2 is 1.92 bits per heavy atom. The van der Waals surface area contributed by atoms with Crippen molar-refractivity contribution in [2.45, 2.75) is 33.1 Å². The Bertz CT molecular complexity index is 229. The Morgan fingerprint density at radius 1 is 1.25 bits per heavy atom. The molecule has 0 N–H and O–H groups in total. The average molecular weight is 190 g/mol. The van der Waals surface area contributed by atoms with Crippen LogP contribution in [0.15, 0.2) is 0 Å². The lowest BCUT2D eigenvalue weighted by molar-refractivity contribution is 0.389. The lowest BCUT2D eigenvalue weighted by Gasteiger charge is -2.17. The van der Waals surface area contributed by atoms with Gasteiger partial charge in [-0.1, -0.05) is 20.3 Å². The van der Waals surface area contributed by atoms with Gasteiger partial charge in [0, 0.05) is 0 Å². The van der Waals surface area contributed by atoms with Crippen LogP contribution in [0, 0.1) is 11.8 Å². The molecular formula is C9H18O2S. The lowest BCUT2D eigenvalue weighted by Crippen LogP contribution is -2.19. The van der Waals surface area contributed by atoms with Gasteiger partial charge >= 0.3 is 0 Å². The van der Waals surface area contributed by atoms with Crippen LogP contribution in [0.25, 0.3) is 0 Å². The molecule has 1 aliphatic heterocycles. The average Bonchev–Trinajstić information content (AvgIpc) is 2.10. The second kappa shape index (κ2) is 3.77. The van der Waals surface area contributed by atoms with Crippen LogP contribution in [0.2, 0.25) is 0 Å². The monoisotopic (exact) mass is 190 g/mol. The quantitative estimate of drug-likeness (QED) is 0.632. The summed E-state index contributed by atoms with van der Waals surface area (Å²) in [5.41, 5.74) is 0. The minimum absolute atomic E-state index is 0.400. The van der Waals surface area contributed by atoms with Crippen LogP contribution >= 0.6 is 0 Å². The van der Waals surface area contributed by atoms with E-state index in [0.717, 1.165) is 19.3 Å². The molecule has 1 saturated heterocycles. The zero-order valence-electron chi connectivity index (χ0n) is 7.91. The van der Waals surface area contributed by atoms with Crippen molar-refractivity contribution in [2.75, 3.05) is 11.5 Å². The molecule has 0 spiro atoms. The maximum Gasteiger partial charge on any atom is 0.150 e. The van der Waals surface area contributed by atoms with Crippen molar-refractivity contribution in [3.8, 4) is 0 Å². The summed E-state index contributed by atoms with van der Waals surface area (Å²) in [7, 11) is -2.71. The Labute approximate surface area is 75.3 Å². The third kappa shape index (κ3) is 2.77. The van der Waals surface area contributed by atoms with Crippen LogP contribution in [0.1, 0.15) is 33.1 Å². The number of hydrogen-bond acceptors (Lipinski definition) is 2. The number of sulfone groups is 1. The summed E-state index contributed by atoms with van der Waals surface area (Å²) in [5, 5.41) is 0. The second-order valence-electron chi connectivity index (χ2n) is 4.11. The lowest BCUT2D eigenvalue weighted by atomic mass is 9.93. The Hall–Kier alpha value is -0.0500. The smallest absolute Gasteiger partial charge is 0.150 e. The molecule has 12 heavy (non-hydrogen) atoms. The highest BCUT2D eigenvalue weighted by Gasteiger charge is 2.24. The van der Waals surface area contributed by atoms with Crippen LogP contribution in [0.3, 0.4) is 0 Å². The summed E-state index contributed by atoms with van der Waals surface area (Å²) in [6, 6.07) is 0. The molecule has 3 heteroatoms. The normalized spacial score (nSPS) is 30.1. The van der Waals surface area contributed by atoms with E-state index in [1.807, 2.05) is 0 Å². The fourth-order valence-electron chi connectivity index (χ4n) is 1.75. The van der Waals surface area contributed by atoms with E-state index in [1.54, 1.807) is 0 Å². The SMILES string of the molecule is CC(C)C1CCCCS(=O)(=O)C1. The molecule has 2 nitrogen and oxygen atoms in total. The minimum atomic E-state index is -2.71. The Balaban J connectivity index is 2.67. The molecule has 0 aromatic heterocycles. The van der Waals surface area contributed by atoms with E-state index in [0.29, 0.717) is 23.3 Å². The molecular weight excluding hydrogens is 172 g/mol. The first kappa shape index (κ1) is 10.0. The highest BCUT2D eigenvalue weighted by Crippen LogP contribution is 2.24. The first-order chi connectivity index (χ1) is 5.51. The fraction of sp³-hybridized carbons (Fsp3) is 1.00. The van der Waals surface area contributed by atoms with Crippen LogP contribution in [-0.2, 0) is 9.84 Å². The first-order valence-electron chi connectivity index (χ1n) is 4.72. The number of rotatable bonds is 1. The zero-order valence-corrected chi connectivity index (χ0v) is 8.73. The molecule has 72 valence electrons. The van der Waals surface area contributed by atoms with E-state index < -0.39 is 9.84 Å². The summed E-state index contributed by atoms with van der Waals surface area (Å²) in [6.07, 6.45) is 3.05. The van der Waals surface area contributed by atoms with E-state index >= 15 is 0 Å². The highest BCUT2D eigenvalue weighted by atomic mass is 32.2. The molecule has 1 heterocycles. The molecule has 0 amide bonds. The molecule has 1 rings (SSSR count). The van der Waals surface area contributed by atoms with E-state index in [2.05, 4.69) is 13.8 Å². The Kier molecular flexibility index (Phi) is 3.16. The topological polar surface area (TPSA) is 34.1 Å². The largest absolute Gasteiger partial charge is 0.229 e. The number of hydrogen-bond donors (Lipinski definition) is 0. The van der Waals surface area contributed by atoms with Crippen LogP contribution in [0.5, 0.6) is 0 Å². The van der Waals surface area contributed by atoms with Crippen molar-refractivity contribution in [2.24, 2.45) is 11.8 Å². The van der Waals surface area contributed by atoms with Crippen molar-refractivity contribution >= 4 is 9.84 Å². The molecule has 0 saturated carbocycles. The maximum absolute atomic E-state index is 11.4. The molecule has 0 aromatic rings. The predicted octanol–water partition coefficient (Wildman–Crippen LogP) is 1.86. The summed E-state index contributed by atoms with van der Waals surface area (Å²) < 4.78 is 22.8. The van der Waals surface area contributed by atoms with Gasteiger partial charge in [0.1, 0.15) is 0 Å². The molecule has 0 aromatic carbocycles. The predicted molar refractivity (Wildman–Crippen MR) is 50.8 cm³/mol. The molecule has 1 atom stereocenters. The first-order valence-corrected chi connectivity index (χ1v) is 6.54. The van der Waals surface area contributed by atoms with E-state index in [4.69, 9.17) is 0 Å². The molecule has 0 aliphatic carbocycles. The highest BCUT2D eigenvalue weighted by molar-refractivity contribution is 7.91. The zero-order chi connectivity index (χ0) is 9.19. The third-order valence-electron chi connectivity index (χ3n) is 2.69. The molecule has 0 bridgehead atoms. The fourth-order valence-corrected chi connectivity index (χ4v) is 3.76. The summed E-state index contributed by atoms with van der Waals surface area (Å²) >= 11 is 0. The summed E-state index contributed by atoms with van der Waals surface area (Å²) in [6.45, 7) is 4.23. The van der Waals surface area contributed by atoms with Crippen molar-refractivity contribution < 1.29 is 8.42 Å². The summed E-state index contributed by atoms with van der Waals surface area (Å²) in [5.74, 6) is 1.75. The van der Waals surface area contributed by atoms with Gasteiger partial charge in [-0.3, -0.25) is 0 Å². The van der Waals surface area contributed by atoms with Crippen molar-refractivity contribution in [1.82, 2.24) is 0 Å².